The minimum absolute atomic E-state index is 0.394. The van der Waals surface area contributed by atoms with Crippen LogP contribution in [0.15, 0.2) is 24.3 Å². The molecule has 21 heavy (non-hydrogen) atoms. The van der Waals surface area contributed by atoms with Crippen molar-refractivity contribution in [2.24, 2.45) is 5.92 Å². The van der Waals surface area contributed by atoms with Crippen molar-refractivity contribution < 1.29 is 9.90 Å². The second-order valence-corrected chi connectivity index (χ2v) is 6.16. The predicted octanol–water partition coefficient (Wildman–Crippen LogP) is 4.43. The second kappa shape index (κ2) is 5.76. The molecule has 3 heteroatoms. The van der Waals surface area contributed by atoms with Crippen LogP contribution in [-0.2, 0) is 6.54 Å². The molecule has 0 fully saturated rings. The Morgan fingerprint density at radius 1 is 1.19 bits per heavy atom. The van der Waals surface area contributed by atoms with Crippen molar-refractivity contribution in [3.63, 3.8) is 0 Å². The molecule has 1 N–H and O–H groups in total. The van der Waals surface area contributed by atoms with Crippen LogP contribution in [0, 0.1) is 26.7 Å². The van der Waals surface area contributed by atoms with Gasteiger partial charge in [0.15, 0.2) is 0 Å². The number of aryl methyl sites for hydroxylation is 2. The van der Waals surface area contributed by atoms with E-state index in [4.69, 9.17) is 0 Å². The number of benzene rings is 1. The molecule has 1 aromatic heterocycles. The van der Waals surface area contributed by atoms with E-state index < -0.39 is 5.97 Å². The zero-order valence-corrected chi connectivity index (χ0v) is 13.4. The first kappa shape index (κ1) is 15.4. The highest BCUT2D eigenvalue weighted by molar-refractivity contribution is 5.91. The quantitative estimate of drug-likeness (QED) is 0.902. The maximum absolute atomic E-state index is 11.4. The molecule has 0 saturated heterocycles. The van der Waals surface area contributed by atoms with Crippen molar-refractivity contribution in [2.45, 2.75) is 41.2 Å². The van der Waals surface area contributed by atoms with Gasteiger partial charge in [0, 0.05) is 23.5 Å². The molecule has 2 aromatic rings. The van der Waals surface area contributed by atoms with Gasteiger partial charge in [-0.2, -0.15) is 0 Å². The fraction of sp³-hybridized carbons (Fsp3) is 0.389. The molecule has 3 nitrogen and oxygen atoms in total. The van der Waals surface area contributed by atoms with Crippen LogP contribution in [0.5, 0.6) is 0 Å². The number of nitrogens with zero attached hydrogens (tertiary/aromatic N) is 1. The average molecular weight is 285 g/mol. The summed E-state index contributed by atoms with van der Waals surface area (Å²) < 4.78 is 2.13. The molecule has 1 heterocycles. The Labute approximate surface area is 126 Å². The van der Waals surface area contributed by atoms with Gasteiger partial charge in [-0.25, -0.2) is 4.79 Å². The number of hydrogen-bond donors (Lipinski definition) is 1. The SMILES string of the molecule is Cc1ccc(-c2cc(C(=O)O)c(C)n2CC(C)C)c(C)c1. The summed E-state index contributed by atoms with van der Waals surface area (Å²) in [5.41, 5.74) is 5.72. The third kappa shape index (κ3) is 3.02. The van der Waals surface area contributed by atoms with Gasteiger partial charge >= 0.3 is 5.97 Å². The van der Waals surface area contributed by atoms with E-state index in [2.05, 4.69) is 50.5 Å². The van der Waals surface area contributed by atoms with Crippen LogP contribution in [0.1, 0.15) is 41.0 Å². The van der Waals surface area contributed by atoms with Gasteiger partial charge in [0.05, 0.1) is 5.56 Å². The summed E-state index contributed by atoms with van der Waals surface area (Å²) >= 11 is 0. The van der Waals surface area contributed by atoms with E-state index in [1.54, 1.807) is 6.07 Å². The van der Waals surface area contributed by atoms with E-state index in [0.29, 0.717) is 11.5 Å². The summed E-state index contributed by atoms with van der Waals surface area (Å²) in [7, 11) is 0. The first-order valence-electron chi connectivity index (χ1n) is 7.32. The van der Waals surface area contributed by atoms with E-state index in [9.17, 15) is 9.90 Å². The topological polar surface area (TPSA) is 42.2 Å². The first-order chi connectivity index (χ1) is 9.81. The van der Waals surface area contributed by atoms with Crippen LogP contribution >= 0.6 is 0 Å². The Morgan fingerprint density at radius 3 is 2.38 bits per heavy atom. The Bertz CT molecular complexity index is 681. The van der Waals surface area contributed by atoms with E-state index in [1.807, 2.05) is 6.92 Å². The Hall–Kier alpha value is -2.03. The number of carbonyl (C=O) groups is 1. The van der Waals surface area contributed by atoms with Gasteiger partial charge in [-0.1, -0.05) is 37.6 Å². The summed E-state index contributed by atoms with van der Waals surface area (Å²) in [6, 6.07) is 8.10. The lowest BCUT2D eigenvalue weighted by Gasteiger charge is -2.16. The fourth-order valence-corrected chi connectivity index (χ4v) is 2.79. The summed E-state index contributed by atoms with van der Waals surface area (Å²) in [4.78, 5) is 11.4. The maximum Gasteiger partial charge on any atom is 0.337 e. The lowest BCUT2D eigenvalue weighted by Crippen LogP contribution is -2.09. The van der Waals surface area contributed by atoms with Crippen LogP contribution < -0.4 is 0 Å². The van der Waals surface area contributed by atoms with E-state index >= 15 is 0 Å². The van der Waals surface area contributed by atoms with Crippen LogP contribution in [0.3, 0.4) is 0 Å². The third-order valence-electron chi connectivity index (χ3n) is 3.80. The molecular formula is C18H23NO2. The molecule has 0 aliphatic heterocycles. The number of aromatic nitrogens is 1. The Balaban J connectivity index is 2.66. The fourth-order valence-electron chi connectivity index (χ4n) is 2.79. The van der Waals surface area contributed by atoms with Gasteiger partial charge in [-0.3, -0.25) is 0 Å². The van der Waals surface area contributed by atoms with Crippen molar-refractivity contribution in [2.75, 3.05) is 0 Å². The molecule has 0 atom stereocenters. The smallest absolute Gasteiger partial charge is 0.337 e. The van der Waals surface area contributed by atoms with Crippen molar-refractivity contribution >= 4 is 5.97 Å². The normalized spacial score (nSPS) is 11.1. The number of hydrogen-bond acceptors (Lipinski definition) is 1. The molecular weight excluding hydrogens is 262 g/mol. The highest BCUT2D eigenvalue weighted by atomic mass is 16.4. The Kier molecular flexibility index (Phi) is 4.21. The van der Waals surface area contributed by atoms with Crippen molar-refractivity contribution in [3.05, 3.63) is 46.6 Å². The van der Waals surface area contributed by atoms with Crippen molar-refractivity contribution in [3.8, 4) is 11.3 Å². The van der Waals surface area contributed by atoms with Crippen LogP contribution in [0.4, 0.5) is 0 Å². The molecule has 112 valence electrons. The molecule has 0 spiro atoms. The standard InChI is InChI=1S/C18H23NO2/c1-11(2)10-19-14(5)16(18(20)21)9-17(19)15-7-6-12(3)8-13(15)4/h6-9,11H,10H2,1-5H3,(H,20,21). The monoisotopic (exact) mass is 285 g/mol. The average Bonchev–Trinajstić information content (AvgIpc) is 2.67. The van der Waals surface area contributed by atoms with Gasteiger partial charge in [0.2, 0.25) is 0 Å². The number of carboxylic acids is 1. The van der Waals surface area contributed by atoms with Gasteiger partial charge in [0.1, 0.15) is 0 Å². The van der Waals surface area contributed by atoms with Crippen LogP contribution in [0.25, 0.3) is 11.3 Å². The highest BCUT2D eigenvalue weighted by Crippen LogP contribution is 2.30. The molecule has 0 amide bonds. The lowest BCUT2D eigenvalue weighted by molar-refractivity contribution is 0.0696. The van der Waals surface area contributed by atoms with Crippen LogP contribution in [0.2, 0.25) is 0 Å². The van der Waals surface area contributed by atoms with Gasteiger partial charge in [0.25, 0.3) is 0 Å². The summed E-state index contributed by atoms with van der Waals surface area (Å²) in [6.07, 6.45) is 0. The largest absolute Gasteiger partial charge is 0.478 e. The first-order valence-corrected chi connectivity index (χ1v) is 7.32. The lowest BCUT2D eigenvalue weighted by atomic mass is 10.0. The molecule has 0 saturated carbocycles. The predicted molar refractivity (Wildman–Crippen MR) is 85.9 cm³/mol. The minimum Gasteiger partial charge on any atom is -0.478 e. The minimum atomic E-state index is -0.860. The summed E-state index contributed by atoms with van der Waals surface area (Å²) in [6.45, 7) is 11.1. The molecule has 0 bridgehead atoms. The molecule has 2 rings (SSSR count). The Morgan fingerprint density at radius 2 is 1.86 bits per heavy atom. The number of aromatic carboxylic acids is 1. The van der Waals surface area contributed by atoms with Crippen LogP contribution in [-0.4, -0.2) is 15.6 Å². The summed E-state index contributed by atoms with van der Waals surface area (Å²) in [5.74, 6) is -0.400. The maximum atomic E-state index is 11.4. The zero-order chi connectivity index (χ0) is 15.7. The number of carboxylic acid groups (broad SMARTS) is 1. The number of rotatable bonds is 4. The highest BCUT2D eigenvalue weighted by Gasteiger charge is 2.19. The van der Waals surface area contributed by atoms with E-state index in [0.717, 1.165) is 23.5 Å². The van der Waals surface area contributed by atoms with Gasteiger partial charge in [-0.15, -0.1) is 0 Å². The van der Waals surface area contributed by atoms with E-state index in [-0.39, 0.29) is 0 Å². The van der Waals surface area contributed by atoms with Gasteiger partial charge < -0.3 is 9.67 Å². The molecule has 0 radical (unpaired) electrons. The summed E-state index contributed by atoms with van der Waals surface area (Å²) in [5, 5.41) is 9.38. The molecule has 0 aliphatic carbocycles. The zero-order valence-electron chi connectivity index (χ0n) is 13.4. The van der Waals surface area contributed by atoms with Crippen molar-refractivity contribution in [1.82, 2.24) is 4.57 Å². The van der Waals surface area contributed by atoms with Gasteiger partial charge in [-0.05, 0) is 38.3 Å². The molecule has 0 unspecified atom stereocenters. The van der Waals surface area contributed by atoms with E-state index in [1.165, 1.54) is 11.1 Å². The third-order valence-corrected chi connectivity index (χ3v) is 3.80. The van der Waals surface area contributed by atoms with Crippen molar-refractivity contribution in [1.29, 1.82) is 0 Å². The molecule has 0 aliphatic rings. The molecule has 1 aromatic carbocycles. The second-order valence-electron chi connectivity index (χ2n) is 6.16.